The number of carboxylic acid groups (broad SMARTS) is 1. The number of ketones is 1. The fourth-order valence-corrected chi connectivity index (χ4v) is 2.31. The first-order valence-electron chi connectivity index (χ1n) is 7.83. The van der Waals surface area contributed by atoms with Crippen LogP contribution in [-0.2, 0) is 16.6 Å². The second-order valence-electron chi connectivity index (χ2n) is 6.78. The van der Waals surface area contributed by atoms with E-state index in [2.05, 4.69) is 20.8 Å². The topological polar surface area (TPSA) is 63.6 Å². The van der Waals surface area contributed by atoms with E-state index in [9.17, 15) is 9.59 Å². The largest absolute Gasteiger partial charge is 0.486 e. The highest BCUT2D eigenvalue weighted by Gasteiger charge is 2.13. The molecule has 0 atom stereocenters. The first kappa shape index (κ1) is 17.7. The van der Waals surface area contributed by atoms with Gasteiger partial charge in [-0.05, 0) is 40.8 Å². The van der Waals surface area contributed by atoms with Gasteiger partial charge in [0.25, 0.3) is 0 Å². The van der Waals surface area contributed by atoms with Crippen molar-refractivity contribution in [2.24, 2.45) is 0 Å². The predicted octanol–water partition coefficient (Wildman–Crippen LogP) is 3.87. The molecule has 0 unspecified atom stereocenters. The van der Waals surface area contributed by atoms with Crippen LogP contribution in [0, 0.1) is 0 Å². The third-order valence-corrected chi connectivity index (χ3v) is 3.70. The molecule has 0 fully saturated rings. The van der Waals surface area contributed by atoms with Crippen molar-refractivity contribution >= 4 is 11.8 Å². The Hall–Kier alpha value is -2.62. The summed E-state index contributed by atoms with van der Waals surface area (Å²) in [5, 5.41) is 8.97. The lowest BCUT2D eigenvalue weighted by atomic mass is 9.87. The fraction of sp³-hybridized carbons (Fsp3) is 0.300. The highest BCUT2D eigenvalue weighted by Crippen LogP contribution is 2.24. The van der Waals surface area contributed by atoms with Gasteiger partial charge in [-0.1, -0.05) is 45.0 Å². The summed E-state index contributed by atoms with van der Waals surface area (Å²) in [6.45, 7) is 6.37. The number of hydrogen-bond acceptors (Lipinski definition) is 3. The van der Waals surface area contributed by atoms with E-state index in [1.54, 1.807) is 12.1 Å². The van der Waals surface area contributed by atoms with Gasteiger partial charge in [-0.2, -0.15) is 0 Å². The Labute approximate surface area is 142 Å². The van der Waals surface area contributed by atoms with Gasteiger partial charge in [0.1, 0.15) is 12.4 Å². The summed E-state index contributed by atoms with van der Waals surface area (Å²) in [4.78, 5) is 23.0. The van der Waals surface area contributed by atoms with Crippen LogP contribution in [0.15, 0.2) is 48.5 Å². The van der Waals surface area contributed by atoms with Crippen molar-refractivity contribution in [1.82, 2.24) is 0 Å². The van der Waals surface area contributed by atoms with E-state index in [0.29, 0.717) is 11.3 Å². The van der Waals surface area contributed by atoms with E-state index >= 15 is 0 Å². The molecule has 24 heavy (non-hydrogen) atoms. The Bertz CT molecular complexity index is 724. The molecule has 0 saturated carbocycles. The van der Waals surface area contributed by atoms with Crippen LogP contribution >= 0.6 is 0 Å². The molecule has 0 heterocycles. The second kappa shape index (κ2) is 7.30. The van der Waals surface area contributed by atoms with E-state index < -0.39 is 5.97 Å². The molecule has 2 aromatic rings. The summed E-state index contributed by atoms with van der Waals surface area (Å²) >= 11 is 0. The molecular formula is C20H22O4. The van der Waals surface area contributed by atoms with Gasteiger partial charge in [0.2, 0.25) is 0 Å². The van der Waals surface area contributed by atoms with Crippen molar-refractivity contribution in [3.8, 4) is 5.75 Å². The fourth-order valence-electron chi connectivity index (χ4n) is 2.31. The number of aromatic carboxylic acids is 1. The van der Waals surface area contributed by atoms with Crippen molar-refractivity contribution in [3.05, 3.63) is 65.2 Å². The summed E-state index contributed by atoms with van der Waals surface area (Å²) in [6.07, 6.45) is 0.154. The molecule has 1 N–H and O–H groups in total. The predicted molar refractivity (Wildman–Crippen MR) is 92.7 cm³/mol. The van der Waals surface area contributed by atoms with Crippen LogP contribution in [0.4, 0.5) is 0 Å². The van der Waals surface area contributed by atoms with Gasteiger partial charge in [-0.3, -0.25) is 4.79 Å². The molecule has 0 radical (unpaired) electrons. The van der Waals surface area contributed by atoms with Gasteiger partial charge in [0, 0.05) is 6.42 Å². The lowest BCUT2D eigenvalue weighted by molar-refractivity contribution is -0.120. The van der Waals surface area contributed by atoms with Crippen molar-refractivity contribution in [2.45, 2.75) is 32.6 Å². The molecule has 0 aliphatic rings. The maximum absolute atomic E-state index is 12.0. The molecule has 0 spiro atoms. The smallest absolute Gasteiger partial charge is 0.335 e. The maximum Gasteiger partial charge on any atom is 0.335 e. The highest BCUT2D eigenvalue weighted by molar-refractivity contribution is 5.88. The van der Waals surface area contributed by atoms with Crippen molar-refractivity contribution in [3.63, 3.8) is 0 Å². The zero-order chi connectivity index (χ0) is 17.7. The SMILES string of the molecule is CC(C)(C)c1ccc(OCC(=O)Cc2cccc(C(=O)O)c2)cc1. The Morgan fingerprint density at radius 3 is 2.29 bits per heavy atom. The number of ether oxygens (including phenoxy) is 1. The van der Waals surface area contributed by atoms with E-state index in [0.717, 1.165) is 0 Å². The van der Waals surface area contributed by atoms with Crippen LogP contribution in [0.3, 0.4) is 0 Å². The van der Waals surface area contributed by atoms with Crippen LogP contribution in [0.25, 0.3) is 0 Å². The minimum absolute atomic E-state index is 0.0356. The molecule has 0 bridgehead atoms. The first-order chi connectivity index (χ1) is 11.3. The molecule has 2 rings (SSSR count). The van der Waals surface area contributed by atoms with Gasteiger partial charge in [-0.15, -0.1) is 0 Å². The molecule has 4 heteroatoms. The summed E-state index contributed by atoms with van der Waals surface area (Å²) in [5.41, 5.74) is 2.13. The van der Waals surface area contributed by atoms with Crippen LogP contribution in [-0.4, -0.2) is 23.5 Å². The monoisotopic (exact) mass is 326 g/mol. The summed E-state index contributed by atoms with van der Waals surface area (Å²) < 4.78 is 5.52. The zero-order valence-corrected chi connectivity index (χ0v) is 14.2. The molecule has 4 nitrogen and oxygen atoms in total. The van der Waals surface area contributed by atoms with Gasteiger partial charge < -0.3 is 9.84 Å². The number of hydrogen-bond donors (Lipinski definition) is 1. The summed E-state index contributed by atoms with van der Waals surface area (Å²) in [5.74, 6) is -0.451. The molecule has 0 aromatic heterocycles. The lowest BCUT2D eigenvalue weighted by Gasteiger charge is -2.19. The summed E-state index contributed by atoms with van der Waals surface area (Å²) in [6, 6.07) is 14.1. The Morgan fingerprint density at radius 1 is 1.04 bits per heavy atom. The molecule has 0 aliphatic heterocycles. The number of rotatable bonds is 6. The van der Waals surface area contributed by atoms with Crippen LogP contribution < -0.4 is 4.74 Å². The molecular weight excluding hydrogens is 304 g/mol. The number of carbonyl (C=O) groups excluding carboxylic acids is 1. The average Bonchev–Trinajstić information content (AvgIpc) is 2.53. The second-order valence-corrected chi connectivity index (χ2v) is 6.78. The number of carbonyl (C=O) groups is 2. The van der Waals surface area contributed by atoms with Gasteiger partial charge in [-0.25, -0.2) is 4.79 Å². The first-order valence-corrected chi connectivity index (χ1v) is 7.83. The average molecular weight is 326 g/mol. The highest BCUT2D eigenvalue weighted by atomic mass is 16.5. The third kappa shape index (κ3) is 4.95. The van der Waals surface area contributed by atoms with Crippen LogP contribution in [0.1, 0.15) is 42.3 Å². The lowest BCUT2D eigenvalue weighted by Crippen LogP contribution is -2.14. The standard InChI is InChI=1S/C20H22O4/c1-20(2,3)16-7-9-18(10-8-16)24-13-17(21)12-14-5-4-6-15(11-14)19(22)23/h4-11H,12-13H2,1-3H3,(H,22,23). The van der Waals surface area contributed by atoms with Crippen LogP contribution in [0.5, 0.6) is 5.75 Å². The molecule has 0 saturated heterocycles. The van der Waals surface area contributed by atoms with Crippen molar-refractivity contribution < 1.29 is 19.4 Å². The van der Waals surface area contributed by atoms with Gasteiger partial charge in [0.05, 0.1) is 5.56 Å². The quantitative estimate of drug-likeness (QED) is 0.875. The van der Waals surface area contributed by atoms with E-state index in [-0.39, 0.29) is 29.8 Å². The van der Waals surface area contributed by atoms with Crippen molar-refractivity contribution in [1.29, 1.82) is 0 Å². The van der Waals surface area contributed by atoms with E-state index in [1.807, 2.05) is 24.3 Å². The van der Waals surface area contributed by atoms with Crippen LogP contribution in [0.2, 0.25) is 0 Å². The number of Topliss-reactive ketones (excluding diaryl/α,β-unsaturated/α-hetero) is 1. The minimum atomic E-state index is -1.00. The van der Waals surface area contributed by atoms with E-state index in [4.69, 9.17) is 9.84 Å². The zero-order valence-electron chi connectivity index (χ0n) is 14.2. The summed E-state index contributed by atoms with van der Waals surface area (Å²) in [7, 11) is 0. The third-order valence-electron chi connectivity index (χ3n) is 3.70. The van der Waals surface area contributed by atoms with E-state index in [1.165, 1.54) is 17.7 Å². The Balaban J connectivity index is 1.91. The number of benzene rings is 2. The van der Waals surface area contributed by atoms with Crippen molar-refractivity contribution in [2.75, 3.05) is 6.61 Å². The minimum Gasteiger partial charge on any atom is -0.486 e. The van der Waals surface area contributed by atoms with Gasteiger partial charge >= 0.3 is 5.97 Å². The molecule has 0 amide bonds. The normalized spacial score (nSPS) is 11.1. The number of carboxylic acids is 1. The maximum atomic E-state index is 12.0. The Morgan fingerprint density at radius 2 is 1.71 bits per heavy atom. The van der Waals surface area contributed by atoms with Gasteiger partial charge in [0.15, 0.2) is 5.78 Å². The Kier molecular flexibility index (Phi) is 5.39. The molecule has 126 valence electrons. The molecule has 2 aromatic carbocycles. The molecule has 0 aliphatic carbocycles.